The summed E-state index contributed by atoms with van der Waals surface area (Å²) in [5, 5.41) is 0. The van der Waals surface area contributed by atoms with Crippen molar-refractivity contribution in [1.82, 2.24) is 4.90 Å². The molecule has 0 aromatic heterocycles. The Labute approximate surface area is 125 Å². The van der Waals surface area contributed by atoms with Crippen LogP contribution in [0.1, 0.15) is 5.56 Å². The van der Waals surface area contributed by atoms with E-state index in [1.165, 1.54) is 17.0 Å². The fraction of sp³-hybridized carbons (Fsp3) is 0.125. The smallest absolute Gasteiger partial charge is 0.285 e. The molecular formula is C16H12F2N2O2. The number of halogens is 2. The van der Waals surface area contributed by atoms with Gasteiger partial charge in [0.05, 0.1) is 6.54 Å². The van der Waals surface area contributed by atoms with Crippen molar-refractivity contribution < 1.29 is 18.4 Å². The number of nitrogens with zero attached hydrogens (tertiary/aromatic N) is 2. The van der Waals surface area contributed by atoms with Crippen LogP contribution in [0, 0.1) is 11.6 Å². The zero-order valence-corrected chi connectivity index (χ0v) is 11.5. The number of carbonyl (C=O) groups excluding carboxylic acids is 2. The minimum atomic E-state index is -1.04. The van der Waals surface area contributed by atoms with Crippen LogP contribution in [-0.4, -0.2) is 23.4 Å². The Morgan fingerprint density at radius 1 is 0.955 bits per heavy atom. The molecule has 0 radical (unpaired) electrons. The maximum absolute atomic E-state index is 13.7. The molecule has 3 amide bonds. The van der Waals surface area contributed by atoms with Gasteiger partial charge < -0.3 is 0 Å². The molecule has 0 atom stereocenters. The molecule has 4 nitrogen and oxygen atoms in total. The number of rotatable bonds is 3. The molecule has 1 saturated heterocycles. The summed E-state index contributed by atoms with van der Waals surface area (Å²) in [6.45, 7) is -0.398. The second kappa shape index (κ2) is 5.55. The van der Waals surface area contributed by atoms with Crippen molar-refractivity contribution in [3.05, 3.63) is 65.7 Å². The summed E-state index contributed by atoms with van der Waals surface area (Å²) in [4.78, 5) is 26.6. The van der Waals surface area contributed by atoms with E-state index in [1.54, 1.807) is 30.3 Å². The summed E-state index contributed by atoms with van der Waals surface area (Å²) in [5.41, 5.74) is 0.555. The van der Waals surface area contributed by atoms with Gasteiger partial charge in [-0.25, -0.2) is 13.6 Å². The van der Waals surface area contributed by atoms with Gasteiger partial charge >= 0.3 is 6.03 Å². The second-order valence-corrected chi connectivity index (χ2v) is 4.90. The van der Waals surface area contributed by atoms with E-state index < -0.39 is 23.6 Å². The van der Waals surface area contributed by atoms with Crippen molar-refractivity contribution in [3.8, 4) is 0 Å². The first-order valence-electron chi connectivity index (χ1n) is 6.67. The van der Waals surface area contributed by atoms with Crippen LogP contribution in [0.4, 0.5) is 19.3 Å². The van der Waals surface area contributed by atoms with Crippen molar-refractivity contribution in [1.29, 1.82) is 0 Å². The first kappa shape index (κ1) is 14.2. The fourth-order valence-corrected chi connectivity index (χ4v) is 2.35. The van der Waals surface area contributed by atoms with E-state index in [2.05, 4.69) is 0 Å². The maximum atomic E-state index is 13.7. The average Bonchev–Trinajstić information content (AvgIpc) is 2.80. The molecule has 0 bridgehead atoms. The molecule has 22 heavy (non-hydrogen) atoms. The highest BCUT2D eigenvalue weighted by atomic mass is 19.2. The molecule has 0 spiro atoms. The predicted molar refractivity (Wildman–Crippen MR) is 76.1 cm³/mol. The van der Waals surface area contributed by atoms with Crippen LogP contribution in [-0.2, 0) is 11.3 Å². The number of hydrogen-bond donors (Lipinski definition) is 0. The van der Waals surface area contributed by atoms with Gasteiger partial charge in [0.2, 0.25) is 0 Å². The summed E-state index contributed by atoms with van der Waals surface area (Å²) < 4.78 is 26.9. The minimum Gasteiger partial charge on any atom is -0.285 e. The van der Waals surface area contributed by atoms with E-state index in [4.69, 9.17) is 0 Å². The lowest BCUT2D eigenvalue weighted by Crippen LogP contribution is -2.32. The summed E-state index contributed by atoms with van der Waals surface area (Å²) in [5.74, 6) is -2.49. The van der Waals surface area contributed by atoms with Crippen LogP contribution >= 0.6 is 0 Å². The monoisotopic (exact) mass is 302 g/mol. The number of anilines is 1. The van der Waals surface area contributed by atoms with Gasteiger partial charge in [-0.3, -0.25) is 14.6 Å². The number of benzene rings is 2. The molecule has 2 aromatic rings. The highest BCUT2D eigenvalue weighted by Crippen LogP contribution is 2.23. The number of urea groups is 1. The van der Waals surface area contributed by atoms with E-state index in [0.717, 1.165) is 11.0 Å². The van der Waals surface area contributed by atoms with Crippen LogP contribution in [0.25, 0.3) is 0 Å². The van der Waals surface area contributed by atoms with Gasteiger partial charge in [-0.05, 0) is 18.2 Å². The third-order valence-electron chi connectivity index (χ3n) is 3.48. The normalized spacial score (nSPS) is 14.8. The lowest BCUT2D eigenvalue weighted by molar-refractivity contribution is -0.125. The molecule has 1 heterocycles. The summed E-state index contributed by atoms with van der Waals surface area (Å²) in [7, 11) is 0. The Morgan fingerprint density at radius 3 is 2.41 bits per heavy atom. The minimum absolute atomic E-state index is 0.0309. The molecule has 1 fully saturated rings. The molecule has 3 rings (SSSR count). The molecule has 1 aliphatic heterocycles. The van der Waals surface area contributed by atoms with Gasteiger partial charge in [0, 0.05) is 11.3 Å². The van der Waals surface area contributed by atoms with Crippen molar-refractivity contribution in [3.63, 3.8) is 0 Å². The van der Waals surface area contributed by atoms with Gasteiger partial charge in [-0.1, -0.05) is 30.3 Å². The van der Waals surface area contributed by atoms with Crippen LogP contribution in [0.2, 0.25) is 0 Å². The van der Waals surface area contributed by atoms with Crippen LogP contribution in [0.5, 0.6) is 0 Å². The van der Waals surface area contributed by atoms with Crippen molar-refractivity contribution in [2.24, 2.45) is 0 Å². The van der Waals surface area contributed by atoms with E-state index in [9.17, 15) is 18.4 Å². The number of hydrogen-bond acceptors (Lipinski definition) is 2. The van der Waals surface area contributed by atoms with E-state index in [0.29, 0.717) is 5.69 Å². The molecule has 1 aliphatic rings. The van der Waals surface area contributed by atoms with Crippen molar-refractivity contribution >= 4 is 17.6 Å². The number of imide groups is 1. The largest absolute Gasteiger partial charge is 0.332 e. The zero-order valence-electron chi connectivity index (χ0n) is 11.5. The Hall–Kier alpha value is -2.76. The first-order valence-corrected chi connectivity index (χ1v) is 6.67. The van der Waals surface area contributed by atoms with Gasteiger partial charge in [-0.15, -0.1) is 0 Å². The highest BCUT2D eigenvalue weighted by molar-refractivity contribution is 6.12. The number of amides is 3. The molecule has 112 valence electrons. The lowest BCUT2D eigenvalue weighted by Gasteiger charge is -2.17. The molecule has 6 heteroatoms. The van der Waals surface area contributed by atoms with E-state index >= 15 is 0 Å². The van der Waals surface area contributed by atoms with Crippen LogP contribution < -0.4 is 4.90 Å². The second-order valence-electron chi connectivity index (χ2n) is 4.90. The van der Waals surface area contributed by atoms with E-state index in [-0.39, 0.29) is 18.7 Å². The number of carbonyl (C=O) groups is 2. The Balaban J connectivity index is 1.85. The first-order chi connectivity index (χ1) is 10.6. The number of para-hydroxylation sites is 1. The quantitative estimate of drug-likeness (QED) is 0.818. The third-order valence-corrected chi connectivity index (χ3v) is 3.48. The highest BCUT2D eigenvalue weighted by Gasteiger charge is 2.37. The lowest BCUT2D eigenvalue weighted by atomic mass is 10.2. The molecule has 0 N–H and O–H groups in total. The summed E-state index contributed by atoms with van der Waals surface area (Å²) in [6.07, 6.45) is 0. The zero-order chi connectivity index (χ0) is 15.7. The van der Waals surface area contributed by atoms with Gasteiger partial charge in [-0.2, -0.15) is 0 Å². The summed E-state index contributed by atoms with van der Waals surface area (Å²) >= 11 is 0. The average molecular weight is 302 g/mol. The van der Waals surface area contributed by atoms with Crippen molar-refractivity contribution in [2.45, 2.75) is 6.54 Å². The standard InChI is InChI=1S/C16H12F2N2O2/c17-13-8-4-5-11(15(13)18)9-20-14(21)10-19(16(20)22)12-6-2-1-3-7-12/h1-8H,9-10H2. The Morgan fingerprint density at radius 2 is 1.68 bits per heavy atom. The SMILES string of the molecule is O=C1CN(c2ccccc2)C(=O)N1Cc1cccc(F)c1F. The van der Waals surface area contributed by atoms with Gasteiger partial charge in [0.25, 0.3) is 5.91 Å². The third kappa shape index (κ3) is 2.43. The Kier molecular flexibility index (Phi) is 3.58. The molecular weight excluding hydrogens is 290 g/mol. The van der Waals surface area contributed by atoms with Crippen LogP contribution in [0.3, 0.4) is 0 Å². The molecule has 2 aromatic carbocycles. The van der Waals surface area contributed by atoms with Crippen LogP contribution in [0.15, 0.2) is 48.5 Å². The van der Waals surface area contributed by atoms with Gasteiger partial charge in [0.15, 0.2) is 11.6 Å². The maximum Gasteiger partial charge on any atom is 0.332 e. The van der Waals surface area contributed by atoms with Gasteiger partial charge in [0.1, 0.15) is 6.54 Å². The Bertz CT molecular complexity index is 734. The fourth-order valence-electron chi connectivity index (χ4n) is 2.35. The van der Waals surface area contributed by atoms with E-state index in [1.807, 2.05) is 0 Å². The summed E-state index contributed by atoms with van der Waals surface area (Å²) in [6, 6.07) is 11.9. The molecule has 0 aliphatic carbocycles. The molecule has 0 saturated carbocycles. The predicted octanol–water partition coefficient (Wildman–Crippen LogP) is 2.93. The topological polar surface area (TPSA) is 40.6 Å². The molecule has 0 unspecified atom stereocenters. The van der Waals surface area contributed by atoms with Crippen molar-refractivity contribution in [2.75, 3.05) is 11.4 Å².